The maximum Gasteiger partial charge on any atom is 0.425 e. The van der Waals surface area contributed by atoms with E-state index in [4.69, 9.17) is 9.47 Å². The van der Waals surface area contributed by atoms with Crippen LogP contribution in [0.1, 0.15) is 104 Å². The quantitative estimate of drug-likeness (QED) is 0.0563. The van der Waals surface area contributed by atoms with E-state index < -0.39 is 47.8 Å². The Bertz CT molecular complexity index is 1350. The predicted molar refractivity (Wildman–Crippen MR) is 171 cm³/mol. The fourth-order valence-electron chi connectivity index (χ4n) is 5.00. The molecule has 1 atom stereocenters. The molecule has 0 radical (unpaired) electrons. The molecule has 0 saturated carbocycles. The summed E-state index contributed by atoms with van der Waals surface area (Å²) in [4.78, 5) is 25.0. The number of hydrogen-bond donors (Lipinski definition) is 0. The molecule has 46 heavy (non-hydrogen) atoms. The minimum atomic E-state index is -4.79. The van der Waals surface area contributed by atoms with Gasteiger partial charge in [-0.05, 0) is 79.6 Å². The molecule has 0 aliphatic heterocycles. The normalized spacial score (nSPS) is 12.1. The molecule has 0 aliphatic rings. The van der Waals surface area contributed by atoms with Gasteiger partial charge in [0.15, 0.2) is 17.7 Å². The molecule has 0 amide bonds. The van der Waals surface area contributed by atoms with Crippen LogP contribution in [0, 0.1) is 5.82 Å². The Hall–Kier alpha value is -3.72. The van der Waals surface area contributed by atoms with Gasteiger partial charge in [-0.1, -0.05) is 88.3 Å². The Morgan fingerprint density at radius 3 is 1.89 bits per heavy atom. The number of unbranched alkanes of at least 4 members (excludes halogenated alkanes) is 7. The van der Waals surface area contributed by atoms with Gasteiger partial charge in [0.05, 0.1) is 11.1 Å². The third kappa shape index (κ3) is 12.2. The zero-order valence-corrected chi connectivity index (χ0v) is 26.7. The lowest BCUT2D eigenvalue weighted by molar-refractivity contribution is -0.206. The fraction of sp³-hybridized carbons (Fsp3) is 0.459. The number of alkyl halides is 3. The molecule has 5 nitrogen and oxygen atoms in total. The van der Waals surface area contributed by atoms with Crippen LogP contribution in [0.15, 0.2) is 66.7 Å². The van der Waals surface area contributed by atoms with E-state index in [9.17, 15) is 27.2 Å². The first kappa shape index (κ1) is 36.7. The molecule has 0 saturated heterocycles. The van der Waals surface area contributed by atoms with Crippen molar-refractivity contribution in [2.45, 2.75) is 96.8 Å². The number of esters is 2. The molecule has 0 unspecified atom stereocenters. The summed E-state index contributed by atoms with van der Waals surface area (Å²) in [5.74, 6) is -3.73. The molecule has 3 aromatic rings. The van der Waals surface area contributed by atoms with Crippen LogP contribution in [-0.2, 0) is 15.9 Å². The summed E-state index contributed by atoms with van der Waals surface area (Å²) in [6.45, 7) is 4.38. The molecule has 9 heteroatoms. The minimum Gasteiger partial charge on any atom is -0.449 e. The van der Waals surface area contributed by atoms with Crippen LogP contribution in [0.3, 0.4) is 0 Å². The van der Waals surface area contributed by atoms with Crippen molar-refractivity contribution < 1.29 is 41.4 Å². The third-order valence-corrected chi connectivity index (χ3v) is 7.67. The average Bonchev–Trinajstić information content (AvgIpc) is 3.04. The number of hydrogen-bond acceptors (Lipinski definition) is 5. The van der Waals surface area contributed by atoms with Gasteiger partial charge in [-0.25, -0.2) is 14.0 Å². The second kappa shape index (κ2) is 19.1. The first-order valence-electron chi connectivity index (χ1n) is 16.2. The van der Waals surface area contributed by atoms with Gasteiger partial charge in [0.25, 0.3) is 0 Å². The maximum atomic E-state index is 14.7. The van der Waals surface area contributed by atoms with Crippen molar-refractivity contribution in [1.29, 1.82) is 0 Å². The largest absolute Gasteiger partial charge is 0.449 e. The molecule has 0 N–H and O–H groups in total. The van der Waals surface area contributed by atoms with Gasteiger partial charge in [-0.15, -0.1) is 0 Å². The van der Waals surface area contributed by atoms with E-state index in [1.807, 2.05) is 12.1 Å². The minimum absolute atomic E-state index is 0.0290. The van der Waals surface area contributed by atoms with Crippen LogP contribution in [0.5, 0.6) is 5.75 Å². The zero-order valence-electron chi connectivity index (χ0n) is 26.7. The van der Waals surface area contributed by atoms with Gasteiger partial charge in [0, 0.05) is 13.2 Å². The number of rotatable bonds is 19. The maximum absolute atomic E-state index is 14.7. The van der Waals surface area contributed by atoms with Gasteiger partial charge in [-0.2, -0.15) is 13.2 Å². The van der Waals surface area contributed by atoms with E-state index in [1.165, 1.54) is 56.9 Å². The van der Waals surface area contributed by atoms with Crippen LogP contribution in [-0.4, -0.2) is 37.4 Å². The summed E-state index contributed by atoms with van der Waals surface area (Å²) in [6, 6.07) is 17.7. The Kier molecular flexibility index (Phi) is 15.2. The molecular formula is C37H44F4O5. The summed E-state index contributed by atoms with van der Waals surface area (Å²) in [7, 11) is 0. The van der Waals surface area contributed by atoms with Crippen molar-refractivity contribution in [3.63, 3.8) is 0 Å². The van der Waals surface area contributed by atoms with Crippen molar-refractivity contribution in [2.75, 3.05) is 13.2 Å². The van der Waals surface area contributed by atoms with E-state index in [0.717, 1.165) is 29.7 Å². The van der Waals surface area contributed by atoms with Crippen molar-refractivity contribution in [3.8, 4) is 16.9 Å². The smallest absolute Gasteiger partial charge is 0.425 e. The summed E-state index contributed by atoms with van der Waals surface area (Å²) < 4.78 is 69.5. The molecule has 0 aromatic heterocycles. The van der Waals surface area contributed by atoms with E-state index in [2.05, 4.69) is 23.8 Å². The molecule has 0 bridgehead atoms. The number of benzene rings is 3. The standard InChI is InChI=1S/C37H44F4O5/c1-3-5-6-7-8-9-10-11-13-27-15-17-28(18-16-27)29-19-21-30(22-20-29)35(42)45-33-24-23-31(26-32(33)38)36(43)46-34(37(39,40)41)14-12-25-44-4-2/h15-24,26,34H,3-14,25H2,1-2H3/t34-/m1/s1. The van der Waals surface area contributed by atoms with Crippen molar-refractivity contribution in [1.82, 2.24) is 0 Å². The number of halogens is 4. The Morgan fingerprint density at radius 1 is 0.717 bits per heavy atom. The van der Waals surface area contributed by atoms with Gasteiger partial charge >= 0.3 is 18.1 Å². The third-order valence-electron chi connectivity index (χ3n) is 7.67. The van der Waals surface area contributed by atoms with Crippen molar-refractivity contribution in [3.05, 3.63) is 89.2 Å². The second-order valence-electron chi connectivity index (χ2n) is 11.3. The number of carbonyl (C=O) groups excluding carboxylic acids is 2. The molecule has 250 valence electrons. The monoisotopic (exact) mass is 644 g/mol. The first-order valence-corrected chi connectivity index (χ1v) is 16.2. The summed E-state index contributed by atoms with van der Waals surface area (Å²) >= 11 is 0. The SMILES string of the molecule is CCCCCCCCCCc1ccc(-c2ccc(C(=O)Oc3ccc(C(=O)O[C@H](CCCOCC)C(F)(F)F)cc3F)cc2)cc1. The van der Waals surface area contributed by atoms with Gasteiger partial charge < -0.3 is 14.2 Å². The van der Waals surface area contributed by atoms with Crippen LogP contribution < -0.4 is 4.74 Å². The highest BCUT2D eigenvalue weighted by Gasteiger charge is 2.42. The highest BCUT2D eigenvalue weighted by atomic mass is 19.4. The molecular weight excluding hydrogens is 600 g/mol. The first-order chi connectivity index (χ1) is 22.1. The lowest BCUT2D eigenvalue weighted by Gasteiger charge is -2.20. The highest BCUT2D eigenvalue weighted by Crippen LogP contribution is 2.28. The van der Waals surface area contributed by atoms with Crippen LogP contribution in [0.25, 0.3) is 11.1 Å². The lowest BCUT2D eigenvalue weighted by atomic mass is 10.00. The Morgan fingerprint density at radius 2 is 1.30 bits per heavy atom. The molecule has 0 spiro atoms. The zero-order chi connectivity index (χ0) is 33.4. The molecule has 0 aliphatic carbocycles. The molecule has 3 aromatic carbocycles. The van der Waals surface area contributed by atoms with Crippen LogP contribution >= 0.6 is 0 Å². The van der Waals surface area contributed by atoms with Crippen LogP contribution in [0.2, 0.25) is 0 Å². The Balaban J connectivity index is 1.51. The van der Waals surface area contributed by atoms with E-state index in [0.29, 0.717) is 12.7 Å². The molecule has 0 heterocycles. The summed E-state index contributed by atoms with van der Waals surface area (Å²) in [5.41, 5.74) is 2.92. The molecule has 3 rings (SSSR count). The Labute approximate surface area is 269 Å². The van der Waals surface area contributed by atoms with Crippen molar-refractivity contribution in [2.24, 2.45) is 0 Å². The van der Waals surface area contributed by atoms with E-state index in [1.54, 1.807) is 31.2 Å². The predicted octanol–water partition coefficient (Wildman–Crippen LogP) is 10.3. The molecule has 0 fully saturated rings. The second-order valence-corrected chi connectivity index (χ2v) is 11.3. The highest BCUT2D eigenvalue weighted by molar-refractivity contribution is 5.92. The van der Waals surface area contributed by atoms with Gasteiger partial charge in [0.1, 0.15) is 0 Å². The number of ether oxygens (including phenoxy) is 3. The van der Waals surface area contributed by atoms with Crippen LogP contribution in [0.4, 0.5) is 17.6 Å². The lowest BCUT2D eigenvalue weighted by Crippen LogP contribution is -2.34. The van der Waals surface area contributed by atoms with Crippen molar-refractivity contribution >= 4 is 11.9 Å². The van der Waals surface area contributed by atoms with Gasteiger partial charge in [-0.3, -0.25) is 0 Å². The van der Waals surface area contributed by atoms with E-state index >= 15 is 0 Å². The average molecular weight is 645 g/mol. The topological polar surface area (TPSA) is 61.8 Å². The summed E-state index contributed by atoms with van der Waals surface area (Å²) in [5, 5.41) is 0. The summed E-state index contributed by atoms with van der Waals surface area (Å²) in [6.07, 6.45) is 3.70. The fourth-order valence-corrected chi connectivity index (χ4v) is 5.00. The number of carbonyl (C=O) groups is 2. The number of aryl methyl sites for hydroxylation is 1. The van der Waals surface area contributed by atoms with Gasteiger partial charge in [0.2, 0.25) is 0 Å². The van der Waals surface area contributed by atoms with E-state index in [-0.39, 0.29) is 18.6 Å².